The monoisotopic (exact) mass is 491 g/mol. The molecule has 0 spiro atoms. The molecule has 2 aromatic carbocycles. The fourth-order valence-corrected chi connectivity index (χ4v) is 3.57. The zero-order valence-electron chi connectivity index (χ0n) is 17.9. The van der Waals surface area contributed by atoms with Crippen molar-refractivity contribution in [3.63, 3.8) is 0 Å². The van der Waals surface area contributed by atoms with Gasteiger partial charge in [-0.3, -0.25) is 4.79 Å². The Labute approximate surface area is 193 Å². The first kappa shape index (κ1) is 23.7. The van der Waals surface area contributed by atoms with Crippen LogP contribution < -0.4 is 15.0 Å². The molecule has 2 N–H and O–H groups in total. The van der Waals surface area contributed by atoms with E-state index in [0.717, 1.165) is 18.2 Å². The molecular weight excluding hydrogens is 475 g/mol. The minimum atomic E-state index is -5.03. The summed E-state index contributed by atoms with van der Waals surface area (Å²) in [6, 6.07) is 9.48. The summed E-state index contributed by atoms with van der Waals surface area (Å²) in [5.74, 6) is -3.54. The number of aromatic amines is 1. The Balaban J connectivity index is 2.06. The van der Waals surface area contributed by atoms with Gasteiger partial charge in [0.15, 0.2) is 12.2 Å². The highest BCUT2D eigenvalue weighted by Gasteiger charge is 2.32. The number of aromatic nitrogens is 1. The molecule has 0 radical (unpaired) electrons. The number of halogens is 3. The van der Waals surface area contributed by atoms with Gasteiger partial charge in [0.1, 0.15) is 22.6 Å². The van der Waals surface area contributed by atoms with Gasteiger partial charge in [-0.25, -0.2) is 9.59 Å². The Morgan fingerprint density at radius 2 is 1.89 bits per heavy atom. The second-order valence-electron chi connectivity index (χ2n) is 7.12. The molecule has 0 saturated carbocycles. The van der Waals surface area contributed by atoms with Crippen LogP contribution in [0.3, 0.4) is 0 Å². The number of nitrogens with one attached hydrogen (secondary N) is 1. The van der Waals surface area contributed by atoms with Gasteiger partial charge >= 0.3 is 18.3 Å². The van der Waals surface area contributed by atoms with E-state index in [2.05, 4.69) is 9.72 Å². The van der Waals surface area contributed by atoms with Crippen molar-refractivity contribution in [2.45, 2.75) is 13.3 Å². The number of benzene rings is 2. The topological polar surface area (TPSA) is 128 Å². The van der Waals surface area contributed by atoms with Crippen LogP contribution in [0.15, 0.2) is 51.7 Å². The number of carboxylic acids is 1. The van der Waals surface area contributed by atoms with Crippen molar-refractivity contribution >= 4 is 34.0 Å². The van der Waals surface area contributed by atoms with E-state index in [4.69, 9.17) is 19.0 Å². The fourth-order valence-electron chi connectivity index (χ4n) is 3.57. The molecule has 0 atom stereocenters. The molecule has 0 amide bonds. The number of esters is 1. The van der Waals surface area contributed by atoms with Crippen molar-refractivity contribution in [3.05, 3.63) is 58.4 Å². The van der Waals surface area contributed by atoms with Crippen LogP contribution in [0, 0.1) is 0 Å². The average molecular weight is 491 g/mol. The average Bonchev–Trinajstić information content (AvgIpc) is 3.14. The van der Waals surface area contributed by atoms with Gasteiger partial charge in [0.2, 0.25) is 0 Å². The number of aliphatic carboxylic acids is 1. The van der Waals surface area contributed by atoms with Crippen LogP contribution in [0.25, 0.3) is 33.2 Å². The SMILES string of the molecule is CCOC(=O)c1c(-c2ccc(OC(F)(F)F)cc2OCC(=O)O)c2oc3ccccc3c2[nH]c1=O. The van der Waals surface area contributed by atoms with Crippen LogP contribution in [0.1, 0.15) is 17.3 Å². The summed E-state index contributed by atoms with van der Waals surface area (Å²) in [5, 5.41) is 9.53. The summed E-state index contributed by atoms with van der Waals surface area (Å²) in [6.45, 7) is 0.524. The number of hydrogen-bond acceptors (Lipinski definition) is 7. The van der Waals surface area contributed by atoms with E-state index in [1.165, 1.54) is 6.92 Å². The predicted octanol–water partition coefficient (Wildman–Crippen LogP) is 4.48. The largest absolute Gasteiger partial charge is 0.573 e. The maximum atomic E-state index is 13.0. The molecule has 2 heterocycles. The summed E-state index contributed by atoms with van der Waals surface area (Å²) < 4.78 is 58.3. The molecule has 0 bridgehead atoms. The molecule has 182 valence electrons. The number of alkyl halides is 3. The summed E-state index contributed by atoms with van der Waals surface area (Å²) in [4.78, 5) is 39.4. The summed E-state index contributed by atoms with van der Waals surface area (Å²) in [6.07, 6.45) is -5.03. The van der Waals surface area contributed by atoms with Gasteiger partial charge in [-0.2, -0.15) is 0 Å². The number of H-pyrrole nitrogens is 1. The van der Waals surface area contributed by atoms with Crippen molar-refractivity contribution in [2.24, 2.45) is 0 Å². The van der Waals surface area contributed by atoms with Gasteiger partial charge < -0.3 is 28.7 Å². The van der Waals surface area contributed by atoms with Gasteiger partial charge in [0.25, 0.3) is 5.56 Å². The Kier molecular flexibility index (Phi) is 6.12. The van der Waals surface area contributed by atoms with Gasteiger partial charge in [-0.05, 0) is 31.2 Å². The normalized spacial score (nSPS) is 11.5. The second kappa shape index (κ2) is 9.05. The number of rotatable bonds is 7. The number of pyridine rings is 1. The minimum absolute atomic E-state index is 0.0125. The first-order chi connectivity index (χ1) is 16.6. The number of carbonyl (C=O) groups excluding carboxylic acids is 1. The molecule has 0 unspecified atom stereocenters. The zero-order valence-corrected chi connectivity index (χ0v) is 17.9. The van der Waals surface area contributed by atoms with E-state index in [-0.39, 0.29) is 28.8 Å². The highest BCUT2D eigenvalue weighted by molar-refractivity contribution is 6.12. The molecule has 4 rings (SSSR count). The number of furan rings is 1. The summed E-state index contributed by atoms with van der Waals surface area (Å²) in [7, 11) is 0. The summed E-state index contributed by atoms with van der Waals surface area (Å²) >= 11 is 0. The van der Waals surface area contributed by atoms with Crippen molar-refractivity contribution < 1.29 is 46.5 Å². The molecule has 0 aliphatic rings. The maximum Gasteiger partial charge on any atom is 0.573 e. The van der Waals surface area contributed by atoms with Crippen LogP contribution >= 0.6 is 0 Å². The predicted molar refractivity (Wildman–Crippen MR) is 116 cm³/mol. The molecule has 35 heavy (non-hydrogen) atoms. The Morgan fingerprint density at radius 1 is 1.14 bits per heavy atom. The van der Waals surface area contributed by atoms with E-state index >= 15 is 0 Å². The molecular formula is C23H16F3NO8. The van der Waals surface area contributed by atoms with E-state index in [1.807, 2.05) is 0 Å². The molecule has 0 saturated heterocycles. The first-order valence-electron chi connectivity index (χ1n) is 10.1. The third-order valence-corrected chi connectivity index (χ3v) is 4.82. The third-order valence-electron chi connectivity index (χ3n) is 4.82. The number of hydrogen-bond donors (Lipinski definition) is 2. The van der Waals surface area contributed by atoms with E-state index in [9.17, 15) is 27.6 Å². The highest BCUT2D eigenvalue weighted by atomic mass is 19.4. The quantitative estimate of drug-likeness (QED) is 0.362. The van der Waals surface area contributed by atoms with Crippen LogP contribution in [0.5, 0.6) is 11.5 Å². The molecule has 0 aliphatic carbocycles. The molecule has 9 nitrogen and oxygen atoms in total. The number of fused-ring (bicyclic) bond motifs is 3. The third kappa shape index (κ3) is 4.76. The van der Waals surface area contributed by atoms with E-state index < -0.39 is 47.5 Å². The number of para-hydroxylation sites is 1. The molecule has 12 heteroatoms. The fraction of sp³-hybridized carbons (Fsp3) is 0.174. The van der Waals surface area contributed by atoms with Gasteiger partial charge in [0.05, 0.1) is 17.7 Å². The highest BCUT2D eigenvalue weighted by Crippen LogP contribution is 2.41. The zero-order chi connectivity index (χ0) is 25.3. The Hall–Kier alpha value is -4.48. The van der Waals surface area contributed by atoms with Crippen molar-refractivity contribution in [1.82, 2.24) is 4.98 Å². The maximum absolute atomic E-state index is 13.0. The van der Waals surface area contributed by atoms with Gasteiger partial charge in [-0.15, -0.1) is 13.2 Å². The van der Waals surface area contributed by atoms with Gasteiger partial charge in [-0.1, -0.05) is 12.1 Å². The lowest BCUT2D eigenvalue weighted by molar-refractivity contribution is -0.274. The lowest BCUT2D eigenvalue weighted by atomic mass is 9.98. The molecule has 2 aromatic heterocycles. The van der Waals surface area contributed by atoms with Crippen molar-refractivity contribution in [2.75, 3.05) is 13.2 Å². The van der Waals surface area contributed by atoms with Crippen LogP contribution in [-0.2, 0) is 9.53 Å². The lowest BCUT2D eigenvalue weighted by Gasteiger charge is -2.16. The van der Waals surface area contributed by atoms with E-state index in [1.54, 1.807) is 24.3 Å². The molecule has 0 aliphatic heterocycles. The molecule has 0 fully saturated rings. The van der Waals surface area contributed by atoms with Crippen LogP contribution in [0.2, 0.25) is 0 Å². The van der Waals surface area contributed by atoms with Gasteiger partial charge in [0, 0.05) is 17.0 Å². The van der Waals surface area contributed by atoms with Crippen molar-refractivity contribution in [1.29, 1.82) is 0 Å². The second-order valence-corrected chi connectivity index (χ2v) is 7.12. The minimum Gasteiger partial charge on any atom is -0.481 e. The first-order valence-corrected chi connectivity index (χ1v) is 10.1. The van der Waals surface area contributed by atoms with Crippen LogP contribution in [-0.4, -0.2) is 41.6 Å². The smallest absolute Gasteiger partial charge is 0.481 e. The molecule has 4 aromatic rings. The number of ether oxygens (including phenoxy) is 3. The number of carboxylic acid groups (broad SMARTS) is 1. The van der Waals surface area contributed by atoms with Crippen molar-refractivity contribution in [3.8, 4) is 22.6 Å². The standard InChI is InChI=1S/C23H16F3NO8/c1-2-32-22(31)18-17(20-19(27-21(18)30)13-5-3-4-6-14(13)34-20)12-8-7-11(35-23(24,25)26)9-15(12)33-10-16(28)29/h3-9H,2,10H2,1H3,(H,27,30)(H,28,29). The van der Waals surface area contributed by atoms with Crippen LogP contribution in [0.4, 0.5) is 13.2 Å². The number of carbonyl (C=O) groups is 2. The van der Waals surface area contributed by atoms with E-state index in [0.29, 0.717) is 11.0 Å². The summed E-state index contributed by atoms with van der Waals surface area (Å²) in [5.41, 5.74) is -0.992. The Morgan fingerprint density at radius 3 is 2.57 bits per heavy atom. The Bertz CT molecular complexity index is 1500. The lowest BCUT2D eigenvalue weighted by Crippen LogP contribution is -2.21.